The zero-order valence-electron chi connectivity index (χ0n) is 17.4. The summed E-state index contributed by atoms with van der Waals surface area (Å²) >= 11 is 0. The number of morpholine rings is 1. The minimum atomic E-state index is -4.62. The SMILES string of the molecule is C[C@H]1COCCN1c1nc(-c2cnc(N)cc2C(F)(F)F)nc(N2CCCCCC2)n1. The average Bonchev–Trinajstić information content (AvgIpc) is 3.03. The number of aromatic nitrogens is 4. The number of nitrogens with two attached hydrogens (primary N) is 1. The third-order valence-electron chi connectivity index (χ3n) is 5.60. The largest absolute Gasteiger partial charge is 0.417 e. The summed E-state index contributed by atoms with van der Waals surface area (Å²) in [6, 6.07) is 0.814. The van der Waals surface area contributed by atoms with Crippen LogP contribution in [-0.4, -0.2) is 58.8 Å². The fraction of sp³-hybridized carbons (Fsp3) is 0.600. The number of nitrogen functional groups attached to an aromatic ring is 1. The third-order valence-corrected chi connectivity index (χ3v) is 5.60. The number of rotatable bonds is 3. The summed E-state index contributed by atoms with van der Waals surface area (Å²) in [5, 5.41) is 0. The van der Waals surface area contributed by atoms with Crippen molar-refractivity contribution < 1.29 is 17.9 Å². The molecule has 4 rings (SSSR count). The van der Waals surface area contributed by atoms with Crippen LogP contribution in [0.25, 0.3) is 11.4 Å². The molecule has 2 aliphatic heterocycles. The topological polar surface area (TPSA) is 93.3 Å². The summed E-state index contributed by atoms with van der Waals surface area (Å²) in [6.45, 7) is 5.04. The van der Waals surface area contributed by atoms with Gasteiger partial charge in [-0.15, -0.1) is 0 Å². The average molecular weight is 437 g/mol. The van der Waals surface area contributed by atoms with Crippen LogP contribution in [0.5, 0.6) is 0 Å². The van der Waals surface area contributed by atoms with Crippen LogP contribution in [0, 0.1) is 0 Å². The monoisotopic (exact) mass is 437 g/mol. The molecule has 2 N–H and O–H groups in total. The van der Waals surface area contributed by atoms with Crippen molar-refractivity contribution in [2.24, 2.45) is 0 Å². The maximum absolute atomic E-state index is 13.7. The lowest BCUT2D eigenvalue weighted by molar-refractivity contribution is -0.137. The molecule has 168 valence electrons. The van der Waals surface area contributed by atoms with E-state index in [4.69, 9.17) is 10.5 Å². The van der Waals surface area contributed by atoms with Gasteiger partial charge in [0.25, 0.3) is 0 Å². The van der Waals surface area contributed by atoms with Crippen LogP contribution in [0.4, 0.5) is 30.9 Å². The van der Waals surface area contributed by atoms with Gasteiger partial charge in [0.1, 0.15) is 5.82 Å². The Morgan fingerprint density at radius 1 is 1.03 bits per heavy atom. The summed E-state index contributed by atoms with van der Waals surface area (Å²) in [4.78, 5) is 21.4. The zero-order valence-corrected chi connectivity index (χ0v) is 17.4. The molecule has 0 aromatic carbocycles. The molecule has 31 heavy (non-hydrogen) atoms. The number of halogens is 3. The molecule has 1 atom stereocenters. The Morgan fingerprint density at radius 3 is 2.42 bits per heavy atom. The highest BCUT2D eigenvalue weighted by atomic mass is 19.4. The van der Waals surface area contributed by atoms with Gasteiger partial charge < -0.3 is 20.3 Å². The van der Waals surface area contributed by atoms with Gasteiger partial charge in [0, 0.05) is 25.8 Å². The Bertz CT molecular complexity index is 916. The standard InChI is InChI=1S/C20H26F3N7O/c1-13-12-31-9-8-30(13)19-27-17(14-11-25-16(24)10-15(14)20(21,22)23)26-18(28-19)29-6-4-2-3-5-7-29/h10-11,13H,2-9,12H2,1H3,(H2,24,25)/t13-/m0/s1. The van der Waals surface area contributed by atoms with Crippen LogP contribution in [-0.2, 0) is 10.9 Å². The van der Waals surface area contributed by atoms with Gasteiger partial charge >= 0.3 is 6.18 Å². The maximum atomic E-state index is 13.7. The predicted octanol–water partition coefficient (Wildman–Crippen LogP) is 3.14. The molecule has 0 aliphatic carbocycles. The molecule has 0 unspecified atom stereocenters. The highest BCUT2D eigenvalue weighted by Crippen LogP contribution is 2.37. The smallest absolute Gasteiger partial charge is 0.384 e. The van der Waals surface area contributed by atoms with Crippen molar-refractivity contribution in [2.45, 2.75) is 44.8 Å². The molecule has 4 heterocycles. The Balaban J connectivity index is 1.84. The van der Waals surface area contributed by atoms with E-state index in [1.54, 1.807) is 0 Å². The predicted molar refractivity (Wildman–Crippen MR) is 111 cm³/mol. The van der Waals surface area contributed by atoms with Gasteiger partial charge in [-0.1, -0.05) is 12.8 Å². The van der Waals surface area contributed by atoms with Crippen LogP contribution in [0.15, 0.2) is 12.3 Å². The molecule has 2 fully saturated rings. The van der Waals surface area contributed by atoms with Crippen LogP contribution in [0.3, 0.4) is 0 Å². The lowest BCUT2D eigenvalue weighted by Crippen LogP contribution is -2.45. The van der Waals surface area contributed by atoms with E-state index in [2.05, 4.69) is 19.9 Å². The molecule has 2 aromatic rings. The van der Waals surface area contributed by atoms with Crippen LogP contribution >= 0.6 is 0 Å². The molecule has 0 bridgehead atoms. The second-order valence-corrected chi connectivity index (χ2v) is 7.93. The van der Waals surface area contributed by atoms with Gasteiger partial charge in [0.2, 0.25) is 11.9 Å². The summed E-state index contributed by atoms with van der Waals surface area (Å²) < 4.78 is 46.7. The van der Waals surface area contributed by atoms with Crippen molar-refractivity contribution in [3.8, 4) is 11.4 Å². The van der Waals surface area contributed by atoms with Gasteiger partial charge in [-0.2, -0.15) is 28.1 Å². The number of ether oxygens (including phenoxy) is 1. The second kappa shape index (κ2) is 8.81. The van der Waals surface area contributed by atoms with Crippen molar-refractivity contribution in [2.75, 3.05) is 48.4 Å². The van der Waals surface area contributed by atoms with Gasteiger partial charge in [-0.25, -0.2) is 4.98 Å². The van der Waals surface area contributed by atoms with Crippen molar-refractivity contribution >= 4 is 17.7 Å². The molecule has 0 amide bonds. The fourth-order valence-corrected chi connectivity index (χ4v) is 3.92. The first-order valence-electron chi connectivity index (χ1n) is 10.5. The molecule has 0 spiro atoms. The lowest BCUT2D eigenvalue weighted by atomic mass is 10.1. The number of nitrogens with zero attached hydrogens (tertiary/aromatic N) is 6. The van der Waals surface area contributed by atoms with Crippen molar-refractivity contribution in [3.05, 3.63) is 17.8 Å². The fourth-order valence-electron chi connectivity index (χ4n) is 3.92. The molecule has 2 aromatic heterocycles. The second-order valence-electron chi connectivity index (χ2n) is 7.93. The lowest BCUT2D eigenvalue weighted by Gasteiger charge is -2.34. The Morgan fingerprint density at radius 2 is 1.74 bits per heavy atom. The van der Waals surface area contributed by atoms with Crippen LogP contribution in [0.2, 0.25) is 0 Å². The van der Waals surface area contributed by atoms with Crippen molar-refractivity contribution in [1.29, 1.82) is 0 Å². The number of hydrogen-bond donors (Lipinski definition) is 1. The molecular formula is C20H26F3N7O. The van der Waals surface area contributed by atoms with Gasteiger partial charge in [0.15, 0.2) is 5.82 Å². The van der Waals surface area contributed by atoms with Gasteiger partial charge in [0.05, 0.1) is 30.4 Å². The van der Waals surface area contributed by atoms with E-state index in [-0.39, 0.29) is 23.2 Å². The van der Waals surface area contributed by atoms with E-state index >= 15 is 0 Å². The number of hydrogen-bond acceptors (Lipinski definition) is 8. The Labute approximate surface area is 178 Å². The maximum Gasteiger partial charge on any atom is 0.417 e. The molecule has 8 nitrogen and oxygen atoms in total. The minimum absolute atomic E-state index is 0.00684. The molecule has 0 radical (unpaired) electrons. The normalized spacial score (nSPS) is 20.6. The van der Waals surface area contributed by atoms with E-state index in [0.29, 0.717) is 31.7 Å². The minimum Gasteiger partial charge on any atom is -0.384 e. The molecule has 2 aliphatic rings. The Hall–Kier alpha value is -2.69. The van der Waals surface area contributed by atoms with Crippen LogP contribution < -0.4 is 15.5 Å². The van der Waals surface area contributed by atoms with E-state index < -0.39 is 11.7 Å². The highest BCUT2D eigenvalue weighted by Gasteiger charge is 2.36. The summed E-state index contributed by atoms with van der Waals surface area (Å²) in [7, 11) is 0. The van der Waals surface area contributed by atoms with Gasteiger partial charge in [-0.3, -0.25) is 0 Å². The van der Waals surface area contributed by atoms with Crippen molar-refractivity contribution in [1.82, 2.24) is 19.9 Å². The van der Waals surface area contributed by atoms with Crippen LogP contribution in [0.1, 0.15) is 38.2 Å². The zero-order chi connectivity index (χ0) is 22.0. The Kier molecular flexibility index (Phi) is 6.12. The first kappa shape index (κ1) is 21.5. The highest BCUT2D eigenvalue weighted by molar-refractivity contribution is 5.64. The van der Waals surface area contributed by atoms with Gasteiger partial charge in [-0.05, 0) is 25.8 Å². The molecule has 2 saturated heterocycles. The first-order valence-corrected chi connectivity index (χ1v) is 10.5. The van der Waals surface area contributed by atoms with E-state index in [0.717, 1.165) is 51.0 Å². The summed E-state index contributed by atoms with van der Waals surface area (Å²) in [5.74, 6) is 0.484. The van der Waals surface area contributed by atoms with E-state index in [1.165, 1.54) is 0 Å². The number of pyridine rings is 1. The number of alkyl halides is 3. The van der Waals surface area contributed by atoms with E-state index in [1.807, 2.05) is 16.7 Å². The van der Waals surface area contributed by atoms with Crippen molar-refractivity contribution in [3.63, 3.8) is 0 Å². The summed E-state index contributed by atoms with van der Waals surface area (Å²) in [6.07, 6.45) is 0.674. The molecule has 0 saturated carbocycles. The first-order chi connectivity index (χ1) is 14.8. The summed E-state index contributed by atoms with van der Waals surface area (Å²) in [5.41, 5.74) is 4.42. The number of anilines is 3. The third kappa shape index (κ3) is 4.81. The molecular weight excluding hydrogens is 411 g/mol. The quantitative estimate of drug-likeness (QED) is 0.783. The molecule has 11 heteroatoms. The van der Waals surface area contributed by atoms with E-state index in [9.17, 15) is 13.2 Å².